The fraction of sp³-hybridized carbons (Fsp3) is 0.280. The Balaban J connectivity index is 1.44. The molecule has 1 aliphatic heterocycles. The lowest BCUT2D eigenvalue weighted by molar-refractivity contribution is -0.137. The average Bonchev–Trinajstić information content (AvgIpc) is 3.39. The Morgan fingerprint density at radius 1 is 1.18 bits per heavy atom. The molecule has 4 rings (SSSR count). The summed E-state index contributed by atoms with van der Waals surface area (Å²) in [5.74, 6) is -0.986. The average molecular weight is 547 g/mol. The monoisotopic (exact) mass is 546 g/mol. The molecule has 1 saturated heterocycles. The van der Waals surface area contributed by atoms with Crippen LogP contribution < -0.4 is 10.6 Å². The Labute approximate surface area is 220 Å². The SMILES string of the molecule is CC(NC(=O)[C@]1(C=NC(=O)c2cncnc2)CCOC1)c1ccc(Nc2ccc(Cl)cc2C(F)(F)F)cn1. The van der Waals surface area contributed by atoms with E-state index in [1.54, 1.807) is 19.1 Å². The summed E-state index contributed by atoms with van der Waals surface area (Å²) in [6, 6.07) is 6.02. The Morgan fingerprint density at radius 3 is 2.58 bits per heavy atom. The summed E-state index contributed by atoms with van der Waals surface area (Å²) in [7, 11) is 0. The van der Waals surface area contributed by atoms with Gasteiger partial charge in [0, 0.05) is 30.2 Å². The second kappa shape index (κ2) is 11.2. The third-order valence-electron chi connectivity index (χ3n) is 5.88. The Hall–Kier alpha value is -3.90. The van der Waals surface area contributed by atoms with Crippen LogP contribution in [-0.2, 0) is 15.7 Å². The minimum absolute atomic E-state index is 0.0326. The maximum atomic E-state index is 13.4. The van der Waals surface area contributed by atoms with Crippen LogP contribution in [-0.4, -0.2) is 46.2 Å². The van der Waals surface area contributed by atoms with Crippen molar-refractivity contribution >= 4 is 41.0 Å². The van der Waals surface area contributed by atoms with Crippen LogP contribution in [0.2, 0.25) is 5.02 Å². The van der Waals surface area contributed by atoms with Gasteiger partial charge in [0.05, 0.1) is 47.0 Å². The number of carbonyl (C=O) groups is 2. The largest absolute Gasteiger partial charge is 0.418 e. The van der Waals surface area contributed by atoms with Gasteiger partial charge in [0.2, 0.25) is 5.91 Å². The molecule has 2 aromatic heterocycles. The van der Waals surface area contributed by atoms with E-state index in [0.717, 1.165) is 6.07 Å². The maximum Gasteiger partial charge on any atom is 0.418 e. The van der Waals surface area contributed by atoms with Crippen LogP contribution in [0.25, 0.3) is 0 Å². The van der Waals surface area contributed by atoms with E-state index in [1.807, 2.05) is 0 Å². The third kappa shape index (κ3) is 6.32. The van der Waals surface area contributed by atoms with Crippen molar-refractivity contribution in [2.45, 2.75) is 25.6 Å². The zero-order valence-corrected chi connectivity index (χ0v) is 20.8. The highest BCUT2D eigenvalue weighted by Crippen LogP contribution is 2.37. The van der Waals surface area contributed by atoms with Gasteiger partial charge in [-0.05, 0) is 43.7 Å². The number of carbonyl (C=O) groups excluding carboxylic acids is 2. The number of aromatic nitrogens is 3. The van der Waals surface area contributed by atoms with Gasteiger partial charge in [-0.1, -0.05) is 11.6 Å². The van der Waals surface area contributed by atoms with Crippen LogP contribution in [0.1, 0.15) is 41.0 Å². The highest BCUT2D eigenvalue weighted by Gasteiger charge is 2.42. The van der Waals surface area contributed by atoms with E-state index in [9.17, 15) is 22.8 Å². The lowest BCUT2D eigenvalue weighted by Gasteiger charge is -2.24. The van der Waals surface area contributed by atoms with Gasteiger partial charge in [-0.15, -0.1) is 0 Å². The molecule has 2 atom stereocenters. The topological polar surface area (TPSA) is 118 Å². The third-order valence-corrected chi connectivity index (χ3v) is 6.12. The first-order chi connectivity index (χ1) is 18.1. The van der Waals surface area contributed by atoms with E-state index in [-0.39, 0.29) is 22.9 Å². The molecule has 0 radical (unpaired) electrons. The molecule has 0 bridgehead atoms. The molecular weight excluding hydrogens is 525 g/mol. The number of pyridine rings is 1. The van der Waals surface area contributed by atoms with Crippen LogP contribution in [0.4, 0.5) is 24.5 Å². The molecule has 2 N–H and O–H groups in total. The van der Waals surface area contributed by atoms with Gasteiger partial charge in [0.25, 0.3) is 5.91 Å². The smallest absolute Gasteiger partial charge is 0.380 e. The molecule has 13 heteroatoms. The van der Waals surface area contributed by atoms with Crippen molar-refractivity contribution in [3.8, 4) is 0 Å². The number of rotatable bonds is 7. The number of amides is 2. The molecule has 1 unspecified atom stereocenters. The van der Waals surface area contributed by atoms with Gasteiger partial charge in [-0.3, -0.25) is 14.6 Å². The van der Waals surface area contributed by atoms with Crippen LogP contribution >= 0.6 is 11.6 Å². The van der Waals surface area contributed by atoms with Crippen molar-refractivity contribution in [3.05, 3.63) is 77.1 Å². The minimum Gasteiger partial charge on any atom is -0.380 e. The number of anilines is 2. The molecule has 1 fully saturated rings. The van der Waals surface area contributed by atoms with E-state index in [0.29, 0.717) is 24.4 Å². The van der Waals surface area contributed by atoms with Crippen molar-refractivity contribution in [3.63, 3.8) is 0 Å². The number of ether oxygens (including phenoxy) is 1. The molecule has 3 aromatic rings. The van der Waals surface area contributed by atoms with Crippen molar-refractivity contribution in [1.82, 2.24) is 20.3 Å². The van der Waals surface area contributed by atoms with Gasteiger partial charge in [-0.2, -0.15) is 13.2 Å². The molecule has 3 heterocycles. The minimum atomic E-state index is -4.60. The van der Waals surface area contributed by atoms with Gasteiger partial charge in [-0.25, -0.2) is 15.0 Å². The van der Waals surface area contributed by atoms with E-state index in [2.05, 4.69) is 30.6 Å². The predicted molar refractivity (Wildman–Crippen MR) is 133 cm³/mol. The highest BCUT2D eigenvalue weighted by molar-refractivity contribution is 6.30. The second-order valence-electron chi connectivity index (χ2n) is 8.63. The molecule has 9 nitrogen and oxygen atoms in total. The van der Waals surface area contributed by atoms with Gasteiger partial charge in [0.1, 0.15) is 11.7 Å². The summed E-state index contributed by atoms with van der Waals surface area (Å²) in [5.41, 5.74) is -1.25. The van der Waals surface area contributed by atoms with E-state index in [1.165, 1.54) is 43.3 Å². The maximum absolute atomic E-state index is 13.4. The van der Waals surface area contributed by atoms with Crippen molar-refractivity contribution in [2.75, 3.05) is 18.5 Å². The summed E-state index contributed by atoms with van der Waals surface area (Å²) in [5, 5.41) is 5.52. The van der Waals surface area contributed by atoms with E-state index < -0.39 is 35.0 Å². The fourth-order valence-electron chi connectivity index (χ4n) is 3.75. The molecule has 0 aliphatic carbocycles. The van der Waals surface area contributed by atoms with Gasteiger partial charge < -0.3 is 15.4 Å². The van der Waals surface area contributed by atoms with Crippen molar-refractivity contribution < 1.29 is 27.5 Å². The number of benzene rings is 1. The zero-order chi connectivity index (χ0) is 27.3. The van der Waals surface area contributed by atoms with Gasteiger partial charge >= 0.3 is 6.18 Å². The standard InChI is InChI=1S/C25H22ClF3N6O3/c1-15(20-5-3-18(11-32-20)35-21-4-2-17(26)8-19(21)25(27,28)29)34-23(37)24(6-7-38-13-24)12-33-22(36)16-9-30-14-31-10-16/h2-5,8-12,14-15,35H,6-7,13H2,1H3,(H,34,37)/t15?,24-/m0/s1. The summed E-state index contributed by atoms with van der Waals surface area (Å²) in [6.45, 7) is 2.08. The molecule has 2 amide bonds. The van der Waals surface area contributed by atoms with E-state index >= 15 is 0 Å². The van der Waals surface area contributed by atoms with Crippen LogP contribution in [0, 0.1) is 5.41 Å². The molecule has 198 valence electrons. The molecule has 1 aromatic carbocycles. The van der Waals surface area contributed by atoms with E-state index in [4.69, 9.17) is 16.3 Å². The Bertz CT molecular complexity index is 1330. The van der Waals surface area contributed by atoms with Crippen LogP contribution in [0.5, 0.6) is 0 Å². The fourth-order valence-corrected chi connectivity index (χ4v) is 3.92. The number of halogens is 4. The number of nitrogens with one attached hydrogen (secondary N) is 2. The normalized spacial score (nSPS) is 18.3. The number of hydrogen-bond acceptors (Lipinski definition) is 7. The van der Waals surface area contributed by atoms with Crippen LogP contribution in [0.15, 0.2) is 60.2 Å². The molecule has 0 spiro atoms. The van der Waals surface area contributed by atoms with Gasteiger partial charge in [0.15, 0.2) is 0 Å². The first kappa shape index (κ1) is 27.1. The predicted octanol–water partition coefficient (Wildman–Crippen LogP) is 4.78. The summed E-state index contributed by atoms with van der Waals surface area (Å²) < 4.78 is 45.5. The Morgan fingerprint density at radius 2 is 1.95 bits per heavy atom. The first-order valence-corrected chi connectivity index (χ1v) is 11.8. The number of alkyl halides is 3. The Kier molecular flexibility index (Phi) is 8.02. The van der Waals surface area contributed by atoms with Crippen molar-refractivity contribution in [1.29, 1.82) is 0 Å². The molecular formula is C25H22ClF3N6O3. The van der Waals surface area contributed by atoms with Crippen molar-refractivity contribution in [2.24, 2.45) is 10.4 Å². The number of aliphatic imine (C=N–C) groups is 1. The first-order valence-electron chi connectivity index (χ1n) is 11.4. The summed E-state index contributed by atoms with van der Waals surface area (Å²) in [6.07, 6.45) is 2.33. The second-order valence-corrected chi connectivity index (χ2v) is 9.07. The molecule has 1 aliphatic rings. The lowest BCUT2D eigenvalue weighted by Crippen LogP contribution is -2.44. The molecule has 0 saturated carbocycles. The summed E-state index contributed by atoms with van der Waals surface area (Å²) in [4.78, 5) is 41.3. The number of hydrogen-bond donors (Lipinski definition) is 2. The van der Waals surface area contributed by atoms with Crippen LogP contribution in [0.3, 0.4) is 0 Å². The highest BCUT2D eigenvalue weighted by atomic mass is 35.5. The molecule has 38 heavy (non-hydrogen) atoms. The zero-order valence-electron chi connectivity index (χ0n) is 20.0. The summed E-state index contributed by atoms with van der Waals surface area (Å²) >= 11 is 5.73. The quantitative estimate of drug-likeness (QED) is 0.409. The lowest BCUT2D eigenvalue weighted by atomic mass is 9.87. The number of nitrogens with zero attached hydrogens (tertiary/aromatic N) is 4.